The number of thiazole rings is 1. The number of rotatable bonds is 5. The number of amides is 1. The zero-order valence-corrected chi connectivity index (χ0v) is 13.8. The van der Waals surface area contributed by atoms with E-state index in [-0.39, 0.29) is 11.2 Å². The van der Waals surface area contributed by atoms with Crippen molar-refractivity contribution in [3.05, 3.63) is 22.2 Å². The minimum Gasteiger partial charge on any atom is -0.269 e. The van der Waals surface area contributed by atoms with Gasteiger partial charge in [-0.3, -0.25) is 4.79 Å². The molecule has 0 aliphatic rings. The number of hydrogen-bond donors (Lipinski definition) is 1. The summed E-state index contributed by atoms with van der Waals surface area (Å²) in [6, 6.07) is 0. The van der Waals surface area contributed by atoms with Crippen LogP contribution in [0.4, 0.5) is 0 Å². The maximum atomic E-state index is 11.5. The van der Waals surface area contributed by atoms with Crippen LogP contribution in [-0.4, -0.2) is 25.1 Å². The van der Waals surface area contributed by atoms with E-state index in [0.29, 0.717) is 6.42 Å². The Labute approximate surface area is 124 Å². The smallest absolute Gasteiger partial charge is 0.257 e. The molecular weight excluding hydrogens is 296 g/mol. The Morgan fingerprint density at radius 3 is 2.60 bits per heavy atom. The summed E-state index contributed by atoms with van der Waals surface area (Å²) in [7, 11) is -3.52. The molecule has 0 aliphatic carbocycles. The number of carbonyl (C=O) groups is 1. The Hall–Kier alpha value is -1.21. The van der Waals surface area contributed by atoms with Crippen molar-refractivity contribution in [2.75, 3.05) is 5.75 Å². The van der Waals surface area contributed by atoms with E-state index in [1.807, 2.05) is 4.72 Å². The molecule has 112 valence electrons. The highest BCUT2D eigenvalue weighted by atomic mass is 32.2. The Bertz CT molecular complexity index is 595. The van der Waals surface area contributed by atoms with Crippen molar-refractivity contribution in [1.82, 2.24) is 9.71 Å². The van der Waals surface area contributed by atoms with Crippen LogP contribution in [0.1, 0.15) is 44.0 Å². The molecule has 0 bridgehead atoms. The molecule has 0 spiro atoms. The highest BCUT2D eigenvalue weighted by molar-refractivity contribution is 7.90. The normalized spacial score (nSPS) is 12.8. The second-order valence-corrected chi connectivity index (χ2v) is 8.34. The van der Waals surface area contributed by atoms with Gasteiger partial charge in [0, 0.05) is 22.6 Å². The third-order valence-corrected chi connectivity index (χ3v) is 5.14. The van der Waals surface area contributed by atoms with E-state index < -0.39 is 15.9 Å². The number of carbonyl (C=O) groups excluding carboxylic acids is 1. The van der Waals surface area contributed by atoms with Gasteiger partial charge in [0.15, 0.2) is 0 Å². The molecule has 7 heteroatoms. The molecule has 0 saturated carbocycles. The van der Waals surface area contributed by atoms with Crippen LogP contribution in [0, 0.1) is 0 Å². The van der Waals surface area contributed by atoms with Crippen LogP contribution in [-0.2, 0) is 20.2 Å². The predicted octanol–water partition coefficient (Wildman–Crippen LogP) is 2.31. The molecule has 1 aromatic heterocycles. The molecule has 0 radical (unpaired) electrons. The summed E-state index contributed by atoms with van der Waals surface area (Å²) in [5, 5.41) is 0.969. The molecule has 0 unspecified atom stereocenters. The summed E-state index contributed by atoms with van der Waals surface area (Å²) in [5.74, 6) is -0.689. The number of nitrogens with zero attached hydrogens (tertiary/aromatic N) is 1. The van der Waals surface area contributed by atoms with E-state index in [4.69, 9.17) is 0 Å². The van der Waals surface area contributed by atoms with Crippen LogP contribution < -0.4 is 4.72 Å². The van der Waals surface area contributed by atoms with Crippen molar-refractivity contribution in [2.45, 2.75) is 39.5 Å². The Balaban J connectivity index is 2.69. The Kier molecular flexibility index (Phi) is 5.47. The Morgan fingerprint density at radius 2 is 2.10 bits per heavy atom. The maximum absolute atomic E-state index is 11.5. The van der Waals surface area contributed by atoms with Gasteiger partial charge < -0.3 is 0 Å². The lowest BCUT2D eigenvalue weighted by atomic mass is 9.98. The van der Waals surface area contributed by atoms with Crippen LogP contribution in [0.2, 0.25) is 0 Å². The summed E-state index contributed by atoms with van der Waals surface area (Å²) >= 11 is 1.48. The van der Waals surface area contributed by atoms with Crippen molar-refractivity contribution < 1.29 is 13.2 Å². The molecule has 1 N–H and O–H groups in total. The molecular formula is C13H20N2O3S2. The molecule has 0 fully saturated rings. The zero-order valence-electron chi connectivity index (χ0n) is 12.1. The maximum Gasteiger partial charge on any atom is 0.257 e. The van der Waals surface area contributed by atoms with Crippen LogP contribution in [0.3, 0.4) is 0 Å². The third-order valence-electron chi connectivity index (χ3n) is 2.29. The van der Waals surface area contributed by atoms with Crippen molar-refractivity contribution in [2.24, 2.45) is 0 Å². The molecule has 0 aliphatic heterocycles. The van der Waals surface area contributed by atoms with Crippen LogP contribution in [0.5, 0.6) is 0 Å². The highest BCUT2D eigenvalue weighted by Gasteiger charge is 2.17. The quantitative estimate of drug-likeness (QED) is 0.846. The first-order valence-electron chi connectivity index (χ1n) is 6.33. The lowest BCUT2D eigenvalue weighted by molar-refractivity contribution is -0.114. The van der Waals surface area contributed by atoms with Gasteiger partial charge in [-0.1, -0.05) is 27.7 Å². The molecule has 1 heterocycles. The van der Waals surface area contributed by atoms with Crippen LogP contribution in [0.15, 0.2) is 12.3 Å². The van der Waals surface area contributed by atoms with Crippen molar-refractivity contribution in [3.8, 4) is 0 Å². The van der Waals surface area contributed by atoms with Gasteiger partial charge >= 0.3 is 0 Å². The lowest BCUT2D eigenvalue weighted by Gasteiger charge is -2.13. The first-order chi connectivity index (χ1) is 9.14. The van der Waals surface area contributed by atoms with E-state index in [0.717, 1.165) is 9.88 Å². The van der Waals surface area contributed by atoms with Crippen molar-refractivity contribution >= 4 is 33.3 Å². The summed E-state index contributed by atoms with van der Waals surface area (Å²) in [6.07, 6.45) is 4.93. The predicted molar refractivity (Wildman–Crippen MR) is 82.1 cm³/mol. The molecule has 1 rings (SSSR count). The minimum absolute atomic E-state index is 0.0382. The van der Waals surface area contributed by atoms with E-state index in [1.54, 1.807) is 19.2 Å². The molecule has 0 aromatic carbocycles. The number of sulfonamides is 1. The average Bonchev–Trinajstić information content (AvgIpc) is 2.73. The SMILES string of the molecule is CCCS(=O)(=O)NC(=O)/C=C/c1cnc(C(C)(C)C)s1. The number of aromatic nitrogens is 1. The van der Waals surface area contributed by atoms with Crippen molar-refractivity contribution in [3.63, 3.8) is 0 Å². The summed E-state index contributed by atoms with van der Waals surface area (Å²) in [5.41, 5.74) is -0.0382. The summed E-state index contributed by atoms with van der Waals surface area (Å²) in [4.78, 5) is 16.6. The largest absolute Gasteiger partial charge is 0.269 e. The van der Waals surface area contributed by atoms with Gasteiger partial charge in [-0.25, -0.2) is 18.1 Å². The fourth-order valence-corrected chi connectivity index (χ4v) is 3.27. The molecule has 0 atom stereocenters. The van der Waals surface area contributed by atoms with Gasteiger partial charge in [-0.2, -0.15) is 0 Å². The summed E-state index contributed by atoms with van der Waals surface area (Å²) < 4.78 is 24.8. The minimum atomic E-state index is -3.52. The fourth-order valence-electron chi connectivity index (χ4n) is 1.38. The molecule has 0 saturated heterocycles. The van der Waals surface area contributed by atoms with Gasteiger partial charge in [0.2, 0.25) is 10.0 Å². The monoisotopic (exact) mass is 316 g/mol. The zero-order chi connectivity index (χ0) is 15.4. The van der Waals surface area contributed by atoms with Gasteiger partial charge in [0.1, 0.15) is 0 Å². The lowest BCUT2D eigenvalue weighted by Crippen LogP contribution is -2.30. The molecule has 1 amide bonds. The van der Waals surface area contributed by atoms with E-state index in [9.17, 15) is 13.2 Å². The van der Waals surface area contributed by atoms with E-state index in [1.165, 1.54) is 17.4 Å². The second kappa shape index (κ2) is 6.49. The van der Waals surface area contributed by atoms with Gasteiger partial charge in [-0.15, -0.1) is 11.3 Å². The topological polar surface area (TPSA) is 76.1 Å². The molecule has 20 heavy (non-hydrogen) atoms. The molecule has 5 nitrogen and oxygen atoms in total. The second-order valence-electron chi connectivity index (χ2n) is 5.44. The average molecular weight is 316 g/mol. The highest BCUT2D eigenvalue weighted by Crippen LogP contribution is 2.27. The summed E-state index contributed by atoms with van der Waals surface area (Å²) in [6.45, 7) is 7.92. The van der Waals surface area contributed by atoms with Gasteiger partial charge in [0.25, 0.3) is 5.91 Å². The van der Waals surface area contributed by atoms with E-state index in [2.05, 4.69) is 25.8 Å². The first-order valence-corrected chi connectivity index (χ1v) is 8.80. The van der Waals surface area contributed by atoms with Gasteiger partial charge in [0.05, 0.1) is 10.8 Å². The van der Waals surface area contributed by atoms with E-state index >= 15 is 0 Å². The Morgan fingerprint density at radius 1 is 1.45 bits per heavy atom. The first kappa shape index (κ1) is 16.8. The van der Waals surface area contributed by atoms with Gasteiger partial charge in [-0.05, 0) is 12.5 Å². The number of hydrogen-bond acceptors (Lipinski definition) is 5. The molecule has 1 aromatic rings. The van der Waals surface area contributed by atoms with Crippen LogP contribution in [0.25, 0.3) is 6.08 Å². The third kappa shape index (κ3) is 5.42. The fraction of sp³-hybridized carbons (Fsp3) is 0.538. The standard InChI is InChI=1S/C13H20N2O3S2/c1-5-8-20(17,18)15-11(16)7-6-10-9-14-12(19-10)13(2,3)4/h6-7,9H,5,8H2,1-4H3,(H,15,16)/b7-6+. The van der Waals surface area contributed by atoms with Crippen molar-refractivity contribution in [1.29, 1.82) is 0 Å². The van der Waals surface area contributed by atoms with Crippen LogP contribution >= 0.6 is 11.3 Å². The number of nitrogens with one attached hydrogen (secondary N) is 1.